The minimum absolute atomic E-state index is 0.0432. The van der Waals surface area contributed by atoms with E-state index in [1.807, 2.05) is 24.3 Å². The number of hydrogen-bond acceptors (Lipinski definition) is 2. The minimum Gasteiger partial charge on any atom is -0.273 e. The molecular formula is C17H15FN2O. The van der Waals surface area contributed by atoms with E-state index in [0.717, 1.165) is 22.4 Å². The standard InChI is InChI=1S/C17H15FN2O/c1-20-17(21)11-10-16(19-20)14-4-2-12(3-5-14)13-6-8-15(18)9-7-13/h2-9H,10-11H2,1H3. The van der Waals surface area contributed by atoms with E-state index in [1.54, 1.807) is 19.2 Å². The highest BCUT2D eigenvalue weighted by molar-refractivity contribution is 6.04. The third-order valence-electron chi connectivity index (χ3n) is 3.60. The first-order valence-corrected chi connectivity index (χ1v) is 6.84. The number of halogens is 1. The zero-order valence-electron chi connectivity index (χ0n) is 11.7. The third kappa shape index (κ3) is 2.84. The summed E-state index contributed by atoms with van der Waals surface area (Å²) in [6.07, 6.45) is 1.16. The van der Waals surface area contributed by atoms with E-state index in [-0.39, 0.29) is 11.7 Å². The lowest BCUT2D eigenvalue weighted by molar-refractivity contribution is -0.130. The van der Waals surface area contributed by atoms with Crippen LogP contribution in [0.5, 0.6) is 0 Å². The molecule has 1 aliphatic heterocycles. The summed E-state index contributed by atoms with van der Waals surface area (Å²) in [5, 5.41) is 5.69. The molecule has 0 fully saturated rings. The molecule has 1 amide bonds. The summed E-state index contributed by atoms with van der Waals surface area (Å²) < 4.78 is 12.9. The van der Waals surface area contributed by atoms with Crippen LogP contribution in [0.3, 0.4) is 0 Å². The molecule has 0 radical (unpaired) electrons. The van der Waals surface area contributed by atoms with Gasteiger partial charge in [0.15, 0.2) is 0 Å². The van der Waals surface area contributed by atoms with Crippen molar-refractivity contribution in [2.24, 2.45) is 5.10 Å². The van der Waals surface area contributed by atoms with Crippen molar-refractivity contribution in [3.63, 3.8) is 0 Å². The van der Waals surface area contributed by atoms with Crippen LogP contribution in [0.1, 0.15) is 18.4 Å². The smallest absolute Gasteiger partial charge is 0.242 e. The van der Waals surface area contributed by atoms with Crippen LogP contribution in [0, 0.1) is 5.82 Å². The van der Waals surface area contributed by atoms with Crippen LogP contribution < -0.4 is 0 Å². The molecule has 2 aromatic carbocycles. The predicted molar refractivity (Wildman–Crippen MR) is 80.4 cm³/mol. The Hall–Kier alpha value is -2.49. The van der Waals surface area contributed by atoms with Crippen LogP contribution in [-0.2, 0) is 4.79 Å². The SMILES string of the molecule is CN1N=C(c2ccc(-c3ccc(F)cc3)cc2)CCC1=O. The van der Waals surface area contributed by atoms with Crippen molar-refractivity contribution in [2.75, 3.05) is 7.05 Å². The van der Waals surface area contributed by atoms with Gasteiger partial charge in [0.05, 0.1) is 5.71 Å². The van der Waals surface area contributed by atoms with Crippen molar-refractivity contribution in [1.29, 1.82) is 0 Å². The monoisotopic (exact) mass is 282 g/mol. The van der Waals surface area contributed by atoms with E-state index in [1.165, 1.54) is 17.1 Å². The maximum absolute atomic E-state index is 12.9. The molecule has 0 saturated carbocycles. The summed E-state index contributed by atoms with van der Waals surface area (Å²) in [5.41, 5.74) is 3.93. The Balaban J connectivity index is 1.86. The number of rotatable bonds is 2. The van der Waals surface area contributed by atoms with Gasteiger partial charge in [-0.15, -0.1) is 0 Å². The van der Waals surface area contributed by atoms with Crippen LogP contribution in [0.4, 0.5) is 4.39 Å². The lowest BCUT2D eigenvalue weighted by Crippen LogP contribution is -2.28. The van der Waals surface area contributed by atoms with Gasteiger partial charge in [0.25, 0.3) is 0 Å². The molecule has 1 heterocycles. The first-order valence-electron chi connectivity index (χ1n) is 6.84. The van der Waals surface area contributed by atoms with Crippen molar-refractivity contribution in [2.45, 2.75) is 12.8 Å². The fraction of sp³-hybridized carbons (Fsp3) is 0.176. The second-order valence-corrected chi connectivity index (χ2v) is 5.05. The summed E-state index contributed by atoms with van der Waals surface area (Å²) in [6.45, 7) is 0. The Morgan fingerprint density at radius 1 is 0.905 bits per heavy atom. The van der Waals surface area contributed by atoms with E-state index in [4.69, 9.17) is 0 Å². The molecule has 3 nitrogen and oxygen atoms in total. The quantitative estimate of drug-likeness (QED) is 0.830. The summed E-state index contributed by atoms with van der Waals surface area (Å²) in [4.78, 5) is 11.4. The van der Waals surface area contributed by atoms with Crippen molar-refractivity contribution in [3.8, 4) is 11.1 Å². The van der Waals surface area contributed by atoms with Crippen molar-refractivity contribution >= 4 is 11.6 Å². The van der Waals surface area contributed by atoms with Crippen molar-refractivity contribution in [3.05, 3.63) is 59.9 Å². The lowest BCUT2D eigenvalue weighted by atomic mass is 10.00. The molecule has 0 N–H and O–H groups in total. The first kappa shape index (κ1) is 13.5. The molecule has 0 aromatic heterocycles. The molecule has 2 aromatic rings. The topological polar surface area (TPSA) is 32.7 Å². The summed E-state index contributed by atoms with van der Waals surface area (Å²) >= 11 is 0. The molecule has 0 unspecified atom stereocenters. The maximum Gasteiger partial charge on any atom is 0.242 e. The zero-order valence-corrected chi connectivity index (χ0v) is 11.7. The van der Waals surface area contributed by atoms with Crippen LogP contribution in [0.25, 0.3) is 11.1 Å². The van der Waals surface area contributed by atoms with Crippen LogP contribution >= 0.6 is 0 Å². The first-order chi connectivity index (χ1) is 10.1. The highest BCUT2D eigenvalue weighted by Crippen LogP contribution is 2.22. The molecule has 21 heavy (non-hydrogen) atoms. The number of nitrogens with zero attached hydrogens (tertiary/aromatic N) is 2. The largest absolute Gasteiger partial charge is 0.273 e. The number of hydrogen-bond donors (Lipinski definition) is 0. The van der Waals surface area contributed by atoms with E-state index in [9.17, 15) is 9.18 Å². The van der Waals surface area contributed by atoms with Gasteiger partial charge in [0, 0.05) is 19.9 Å². The highest BCUT2D eigenvalue weighted by Gasteiger charge is 2.17. The Morgan fingerprint density at radius 2 is 1.43 bits per heavy atom. The van der Waals surface area contributed by atoms with Crippen LogP contribution in [0.2, 0.25) is 0 Å². The van der Waals surface area contributed by atoms with Gasteiger partial charge in [-0.05, 0) is 28.8 Å². The fourth-order valence-electron chi connectivity index (χ4n) is 2.37. The van der Waals surface area contributed by atoms with Gasteiger partial charge in [-0.1, -0.05) is 36.4 Å². The fourth-order valence-corrected chi connectivity index (χ4v) is 2.37. The Morgan fingerprint density at radius 3 is 2.00 bits per heavy atom. The Kier molecular flexibility index (Phi) is 3.52. The van der Waals surface area contributed by atoms with Gasteiger partial charge in [0.2, 0.25) is 5.91 Å². The van der Waals surface area contributed by atoms with Gasteiger partial charge >= 0.3 is 0 Å². The van der Waals surface area contributed by atoms with Crippen LogP contribution in [0.15, 0.2) is 53.6 Å². The number of benzene rings is 2. The number of hydrazone groups is 1. The number of amides is 1. The normalized spacial score (nSPS) is 15.0. The average molecular weight is 282 g/mol. The minimum atomic E-state index is -0.236. The molecule has 0 spiro atoms. The van der Waals surface area contributed by atoms with Crippen molar-refractivity contribution in [1.82, 2.24) is 5.01 Å². The summed E-state index contributed by atoms with van der Waals surface area (Å²) in [5.74, 6) is -0.193. The van der Waals surface area contributed by atoms with E-state index >= 15 is 0 Å². The van der Waals surface area contributed by atoms with E-state index < -0.39 is 0 Å². The average Bonchev–Trinajstić information content (AvgIpc) is 2.51. The molecule has 0 saturated heterocycles. The maximum atomic E-state index is 12.9. The van der Waals surface area contributed by atoms with Gasteiger partial charge in [-0.2, -0.15) is 5.10 Å². The van der Waals surface area contributed by atoms with Gasteiger partial charge in [-0.3, -0.25) is 4.79 Å². The number of carbonyl (C=O) groups is 1. The second kappa shape index (κ2) is 5.48. The molecule has 106 valence electrons. The highest BCUT2D eigenvalue weighted by atomic mass is 19.1. The molecule has 0 bridgehead atoms. The summed E-state index contributed by atoms with van der Waals surface area (Å²) in [6, 6.07) is 14.4. The van der Waals surface area contributed by atoms with Gasteiger partial charge in [0.1, 0.15) is 5.82 Å². The third-order valence-corrected chi connectivity index (χ3v) is 3.60. The molecule has 0 atom stereocenters. The Labute approximate surface area is 122 Å². The molecule has 1 aliphatic rings. The molecule has 4 heteroatoms. The number of carbonyl (C=O) groups excluding carboxylic acids is 1. The van der Waals surface area contributed by atoms with E-state index in [0.29, 0.717) is 12.8 Å². The predicted octanol–water partition coefficient (Wildman–Crippen LogP) is 3.45. The zero-order chi connectivity index (χ0) is 14.8. The molecule has 0 aliphatic carbocycles. The lowest BCUT2D eigenvalue weighted by Gasteiger charge is -2.19. The van der Waals surface area contributed by atoms with Gasteiger partial charge < -0.3 is 0 Å². The molecular weight excluding hydrogens is 267 g/mol. The van der Waals surface area contributed by atoms with Crippen molar-refractivity contribution < 1.29 is 9.18 Å². The summed E-state index contributed by atoms with van der Waals surface area (Å²) in [7, 11) is 1.67. The van der Waals surface area contributed by atoms with Crippen LogP contribution in [-0.4, -0.2) is 23.7 Å². The van der Waals surface area contributed by atoms with Gasteiger partial charge in [-0.25, -0.2) is 9.40 Å². The second-order valence-electron chi connectivity index (χ2n) is 5.05. The Bertz CT molecular complexity index is 690. The molecule has 3 rings (SSSR count). The van der Waals surface area contributed by atoms with E-state index in [2.05, 4.69) is 5.10 Å².